The van der Waals surface area contributed by atoms with Crippen molar-refractivity contribution in [3.8, 4) is 0 Å². The number of nitrogens with zero attached hydrogens (tertiary/aromatic N) is 2. The zero-order valence-electron chi connectivity index (χ0n) is 24.9. The lowest BCUT2D eigenvalue weighted by Crippen LogP contribution is -2.51. The minimum atomic E-state index is -3.87. The molecule has 230 valence electrons. The van der Waals surface area contributed by atoms with E-state index in [0.29, 0.717) is 18.0 Å². The van der Waals surface area contributed by atoms with Crippen LogP contribution < -0.4 is 16.0 Å². The summed E-state index contributed by atoms with van der Waals surface area (Å²) < 4.78 is 32.8. The highest BCUT2D eigenvalue weighted by atomic mass is 32.2. The Morgan fingerprint density at radius 2 is 1.76 bits per heavy atom. The number of esters is 1. The van der Waals surface area contributed by atoms with E-state index in [1.807, 2.05) is 31.2 Å². The minimum absolute atomic E-state index is 0.139. The van der Waals surface area contributed by atoms with Gasteiger partial charge in [0, 0.05) is 25.2 Å². The van der Waals surface area contributed by atoms with E-state index >= 15 is 0 Å². The fraction of sp³-hybridized carbons (Fsp3) is 0.500. The highest BCUT2D eigenvalue weighted by Crippen LogP contribution is 2.26. The van der Waals surface area contributed by atoms with Crippen LogP contribution >= 0.6 is 12.2 Å². The van der Waals surface area contributed by atoms with Crippen LogP contribution in [0.2, 0.25) is 0 Å². The maximum absolute atomic E-state index is 13.3. The van der Waals surface area contributed by atoms with Gasteiger partial charge in [-0.1, -0.05) is 43.7 Å². The summed E-state index contributed by atoms with van der Waals surface area (Å²) in [7, 11) is -2.61. The quantitative estimate of drug-likeness (QED) is 0.167. The Bertz CT molecular complexity index is 1300. The van der Waals surface area contributed by atoms with Gasteiger partial charge in [-0.05, 0) is 87.9 Å². The Labute approximate surface area is 255 Å². The number of aryl methyl sites for hydroxylation is 1. The van der Waals surface area contributed by atoms with Crippen molar-refractivity contribution in [3.63, 3.8) is 0 Å². The van der Waals surface area contributed by atoms with Gasteiger partial charge in [0.05, 0.1) is 12.0 Å². The number of benzene rings is 2. The third kappa shape index (κ3) is 9.22. The Kier molecular flexibility index (Phi) is 12.7. The van der Waals surface area contributed by atoms with Crippen LogP contribution in [0.3, 0.4) is 0 Å². The number of nitrogens with one attached hydrogen (secondary N) is 3. The number of thiocarbonyl (C=S) groups is 1. The first-order valence-electron chi connectivity index (χ1n) is 14.4. The van der Waals surface area contributed by atoms with E-state index in [1.54, 1.807) is 24.3 Å². The van der Waals surface area contributed by atoms with E-state index in [1.165, 1.54) is 11.4 Å². The molecule has 1 fully saturated rings. The van der Waals surface area contributed by atoms with Crippen LogP contribution in [0.15, 0.2) is 53.4 Å². The standard InChI is InChI=1S/C30H43N5O5S2/c1-5-34(6-2)19-8-18-31-30(41)32-24-14-12-23(13-15-24)21-26(29(37)40-4)33-28(36)27-9-7-20-35(27)42(38,39)25-16-10-22(3)11-17-25/h10-17,26-27H,5-9,18-21H2,1-4H3,(H,33,36)(H2,31,32,41)/t26-,27-/m0/s1. The molecule has 0 saturated carbocycles. The Morgan fingerprint density at radius 3 is 2.38 bits per heavy atom. The molecule has 42 heavy (non-hydrogen) atoms. The monoisotopic (exact) mass is 617 g/mol. The zero-order valence-corrected chi connectivity index (χ0v) is 26.5. The SMILES string of the molecule is CCN(CC)CCCNC(=S)Nc1ccc(C[C@H](NC(=O)[C@@H]2CCCN2S(=O)(=O)c2ccc(C)cc2)C(=O)OC)cc1. The molecule has 2 aromatic rings. The number of ether oxygens (including phenoxy) is 1. The molecule has 1 saturated heterocycles. The maximum atomic E-state index is 13.3. The van der Waals surface area contributed by atoms with Gasteiger partial charge in [0.2, 0.25) is 15.9 Å². The molecule has 10 nitrogen and oxygen atoms in total. The van der Waals surface area contributed by atoms with Gasteiger partial charge < -0.3 is 25.6 Å². The second kappa shape index (κ2) is 16.0. The average molecular weight is 618 g/mol. The van der Waals surface area contributed by atoms with Crippen LogP contribution in [0.25, 0.3) is 0 Å². The average Bonchev–Trinajstić information content (AvgIpc) is 3.49. The molecule has 3 rings (SSSR count). The molecule has 0 aliphatic carbocycles. The number of methoxy groups -OCH3 is 1. The third-order valence-corrected chi connectivity index (χ3v) is 9.59. The number of amides is 1. The third-order valence-electron chi connectivity index (χ3n) is 7.42. The lowest BCUT2D eigenvalue weighted by Gasteiger charge is -2.25. The van der Waals surface area contributed by atoms with Crippen molar-refractivity contribution in [2.75, 3.05) is 45.2 Å². The summed E-state index contributed by atoms with van der Waals surface area (Å²) >= 11 is 5.41. The van der Waals surface area contributed by atoms with Crippen molar-refractivity contribution >= 4 is 44.9 Å². The highest BCUT2D eigenvalue weighted by molar-refractivity contribution is 7.89. The van der Waals surface area contributed by atoms with Crippen molar-refractivity contribution < 1.29 is 22.7 Å². The van der Waals surface area contributed by atoms with Gasteiger partial charge in [-0.15, -0.1) is 0 Å². The molecule has 1 aliphatic heterocycles. The molecule has 1 heterocycles. The van der Waals surface area contributed by atoms with E-state index in [-0.39, 0.29) is 17.9 Å². The van der Waals surface area contributed by atoms with Crippen LogP contribution in [0.5, 0.6) is 0 Å². The van der Waals surface area contributed by atoms with E-state index < -0.39 is 34.0 Å². The van der Waals surface area contributed by atoms with Crippen LogP contribution in [0.1, 0.15) is 44.2 Å². The summed E-state index contributed by atoms with van der Waals surface area (Å²) in [5.74, 6) is -1.12. The van der Waals surface area contributed by atoms with Crippen molar-refractivity contribution in [2.24, 2.45) is 0 Å². The number of carbonyl (C=O) groups is 2. The summed E-state index contributed by atoms with van der Waals surface area (Å²) in [6.45, 7) is 10.2. The first-order chi connectivity index (χ1) is 20.1. The Morgan fingerprint density at radius 1 is 1.10 bits per heavy atom. The number of rotatable bonds is 14. The summed E-state index contributed by atoms with van der Waals surface area (Å²) in [6, 6.07) is 12.1. The largest absolute Gasteiger partial charge is 0.467 e. The maximum Gasteiger partial charge on any atom is 0.328 e. The molecule has 1 amide bonds. The van der Waals surface area contributed by atoms with E-state index in [9.17, 15) is 18.0 Å². The van der Waals surface area contributed by atoms with Crippen molar-refractivity contribution in [1.29, 1.82) is 0 Å². The summed E-state index contributed by atoms with van der Waals surface area (Å²) in [4.78, 5) is 28.4. The number of hydrogen-bond donors (Lipinski definition) is 3. The summed E-state index contributed by atoms with van der Waals surface area (Å²) in [5, 5.41) is 9.65. The van der Waals surface area contributed by atoms with Gasteiger partial charge in [-0.3, -0.25) is 4.79 Å². The topological polar surface area (TPSA) is 120 Å². The molecule has 1 aliphatic rings. The smallest absolute Gasteiger partial charge is 0.328 e. The molecule has 0 spiro atoms. The first-order valence-corrected chi connectivity index (χ1v) is 16.3. The Balaban J connectivity index is 1.59. The van der Waals surface area contributed by atoms with Crippen molar-refractivity contribution in [3.05, 3.63) is 59.7 Å². The number of sulfonamides is 1. The lowest BCUT2D eigenvalue weighted by molar-refractivity contribution is -0.145. The van der Waals surface area contributed by atoms with E-state index in [0.717, 1.165) is 49.4 Å². The minimum Gasteiger partial charge on any atom is -0.467 e. The van der Waals surface area contributed by atoms with Gasteiger partial charge in [-0.25, -0.2) is 13.2 Å². The van der Waals surface area contributed by atoms with Crippen LogP contribution in [0, 0.1) is 6.92 Å². The molecule has 0 bridgehead atoms. The van der Waals surface area contributed by atoms with Gasteiger partial charge in [0.1, 0.15) is 12.1 Å². The fourth-order valence-corrected chi connectivity index (χ4v) is 6.79. The van der Waals surface area contributed by atoms with Crippen molar-refractivity contribution in [1.82, 2.24) is 19.8 Å². The van der Waals surface area contributed by atoms with Crippen LogP contribution in [-0.4, -0.2) is 86.5 Å². The molecular weight excluding hydrogens is 574 g/mol. The molecule has 3 N–H and O–H groups in total. The second-order valence-electron chi connectivity index (χ2n) is 10.3. The van der Waals surface area contributed by atoms with Gasteiger partial charge in [0.25, 0.3) is 0 Å². The summed E-state index contributed by atoms with van der Waals surface area (Å²) in [5.41, 5.74) is 2.53. The molecule has 2 aromatic carbocycles. The van der Waals surface area contributed by atoms with Gasteiger partial charge >= 0.3 is 5.97 Å². The lowest BCUT2D eigenvalue weighted by atomic mass is 10.0. The number of hydrogen-bond acceptors (Lipinski definition) is 7. The molecule has 12 heteroatoms. The van der Waals surface area contributed by atoms with Crippen LogP contribution in [0.4, 0.5) is 5.69 Å². The Hall–Kier alpha value is -3.06. The van der Waals surface area contributed by atoms with Gasteiger partial charge in [-0.2, -0.15) is 4.31 Å². The molecule has 0 aromatic heterocycles. The molecular formula is C30H43N5O5S2. The zero-order chi connectivity index (χ0) is 30.7. The fourth-order valence-electron chi connectivity index (χ4n) is 4.92. The number of anilines is 1. The first kappa shape index (κ1) is 33.4. The van der Waals surface area contributed by atoms with Crippen LogP contribution in [-0.2, 0) is 30.8 Å². The highest BCUT2D eigenvalue weighted by Gasteiger charge is 2.40. The predicted molar refractivity (Wildman–Crippen MR) is 169 cm³/mol. The van der Waals surface area contributed by atoms with Gasteiger partial charge in [0.15, 0.2) is 5.11 Å². The van der Waals surface area contributed by atoms with E-state index in [4.69, 9.17) is 17.0 Å². The number of carbonyl (C=O) groups excluding carboxylic acids is 2. The van der Waals surface area contributed by atoms with E-state index in [2.05, 4.69) is 34.7 Å². The molecule has 0 radical (unpaired) electrons. The predicted octanol–water partition coefficient (Wildman–Crippen LogP) is 3.07. The molecule has 2 atom stereocenters. The summed E-state index contributed by atoms with van der Waals surface area (Å²) in [6.07, 6.45) is 2.09. The van der Waals surface area contributed by atoms with Crippen molar-refractivity contribution in [2.45, 2.75) is 63.4 Å². The normalized spacial score (nSPS) is 16.2. The second-order valence-corrected chi connectivity index (χ2v) is 12.6. The molecule has 0 unspecified atom stereocenters.